The molecule has 9 nitrogen and oxygen atoms in total. The van der Waals surface area contributed by atoms with Crippen LogP contribution in [0.1, 0.15) is 0 Å². The molecule has 2 amide bonds. The minimum Gasteiger partial charge on any atom is -0.379 e. The molecule has 0 radical (unpaired) electrons. The van der Waals surface area contributed by atoms with Crippen LogP contribution < -0.4 is 19.0 Å². The van der Waals surface area contributed by atoms with Crippen molar-refractivity contribution >= 4 is 59.2 Å². The summed E-state index contributed by atoms with van der Waals surface area (Å²) < 4.78 is 61.7. The van der Waals surface area contributed by atoms with Crippen LogP contribution in [0.3, 0.4) is 0 Å². The molecule has 0 aliphatic rings. The molecule has 0 unspecified atom stereocenters. The number of nitrogens with one attached hydrogen (secondary N) is 2. The van der Waals surface area contributed by atoms with Gasteiger partial charge >= 0.3 is 26.3 Å². The van der Waals surface area contributed by atoms with Crippen molar-refractivity contribution in [2.45, 2.75) is 9.79 Å². The summed E-state index contributed by atoms with van der Waals surface area (Å²) in [4.78, 5) is 12.6. The van der Waals surface area contributed by atoms with Crippen LogP contribution in [0.25, 0.3) is 21.5 Å². The van der Waals surface area contributed by atoms with E-state index in [0.29, 0.717) is 11.4 Å². The van der Waals surface area contributed by atoms with Crippen LogP contribution in [0, 0.1) is 0 Å². The van der Waals surface area contributed by atoms with E-state index >= 15 is 0 Å². The fourth-order valence-corrected chi connectivity index (χ4v) is 6.41. The highest BCUT2D eigenvalue weighted by Gasteiger charge is 2.18. The van der Waals surface area contributed by atoms with Gasteiger partial charge in [-0.3, -0.25) is 0 Å². The summed E-state index contributed by atoms with van der Waals surface area (Å²) in [6.07, 6.45) is 0. The number of fused-ring (bicyclic) bond motifs is 2. The number of amides is 2. The first-order chi connectivity index (χ1) is 21.1. The fourth-order valence-electron chi connectivity index (χ4n) is 4.48. The molecule has 44 heavy (non-hydrogen) atoms. The van der Waals surface area contributed by atoms with Gasteiger partial charge in [0.05, 0.1) is 0 Å². The zero-order chi connectivity index (χ0) is 30.7. The lowest BCUT2D eigenvalue weighted by Gasteiger charge is -2.11. The van der Waals surface area contributed by atoms with Crippen LogP contribution in [0.5, 0.6) is 11.5 Å². The Balaban J connectivity index is 1.05. The van der Waals surface area contributed by atoms with Gasteiger partial charge in [-0.25, -0.2) is 4.79 Å². The molecular formula is C33H24N2O7S2. The van der Waals surface area contributed by atoms with Gasteiger partial charge in [0.2, 0.25) is 0 Å². The van der Waals surface area contributed by atoms with E-state index in [-0.39, 0.29) is 21.3 Å². The molecule has 0 fully saturated rings. The molecule has 6 aromatic rings. The molecule has 0 aliphatic heterocycles. The van der Waals surface area contributed by atoms with Crippen LogP contribution in [0.4, 0.5) is 16.2 Å². The third-order valence-corrected chi connectivity index (χ3v) is 9.14. The maximum atomic E-state index is 12.8. The Hall–Kier alpha value is -5.39. The molecule has 220 valence electrons. The highest BCUT2D eigenvalue weighted by Crippen LogP contribution is 2.26. The Morgan fingerprint density at radius 3 is 1.20 bits per heavy atom. The maximum absolute atomic E-state index is 12.8. The monoisotopic (exact) mass is 624 g/mol. The lowest BCUT2D eigenvalue weighted by atomic mass is 10.1. The molecule has 0 heterocycles. The van der Waals surface area contributed by atoms with Crippen LogP contribution in [0.15, 0.2) is 143 Å². The molecule has 0 atom stereocenters. The average Bonchev–Trinajstić information content (AvgIpc) is 3.02. The average molecular weight is 625 g/mol. The minimum absolute atomic E-state index is 0.0282. The Morgan fingerprint density at radius 2 is 0.818 bits per heavy atom. The van der Waals surface area contributed by atoms with Gasteiger partial charge in [0.1, 0.15) is 21.3 Å². The summed E-state index contributed by atoms with van der Waals surface area (Å²) in [6.45, 7) is 0. The van der Waals surface area contributed by atoms with Crippen molar-refractivity contribution in [3.8, 4) is 11.5 Å². The first-order valence-corrected chi connectivity index (χ1v) is 16.1. The summed E-state index contributed by atoms with van der Waals surface area (Å²) in [6, 6.07) is 35.4. The molecule has 0 aromatic heterocycles. The summed E-state index contributed by atoms with van der Waals surface area (Å²) in [5.74, 6) is 0.164. The molecule has 0 aliphatic carbocycles. The van der Waals surface area contributed by atoms with Gasteiger partial charge in [-0.2, -0.15) is 16.8 Å². The predicted octanol–water partition coefficient (Wildman–Crippen LogP) is 7.17. The molecule has 0 saturated heterocycles. The molecule has 6 aromatic carbocycles. The second-order valence-corrected chi connectivity index (χ2v) is 12.8. The third-order valence-electron chi connectivity index (χ3n) is 6.66. The molecular weight excluding hydrogens is 601 g/mol. The van der Waals surface area contributed by atoms with Gasteiger partial charge in [0, 0.05) is 11.4 Å². The zero-order valence-corrected chi connectivity index (χ0v) is 24.5. The first kappa shape index (κ1) is 28.7. The highest BCUT2D eigenvalue weighted by molar-refractivity contribution is 7.87. The van der Waals surface area contributed by atoms with Crippen LogP contribution >= 0.6 is 0 Å². The van der Waals surface area contributed by atoms with Crippen molar-refractivity contribution in [3.63, 3.8) is 0 Å². The van der Waals surface area contributed by atoms with Crippen LogP contribution in [-0.2, 0) is 20.2 Å². The van der Waals surface area contributed by atoms with E-state index < -0.39 is 26.3 Å². The van der Waals surface area contributed by atoms with Gasteiger partial charge in [-0.15, -0.1) is 0 Å². The normalized spacial score (nSPS) is 11.6. The number of rotatable bonds is 8. The zero-order valence-electron chi connectivity index (χ0n) is 22.9. The third kappa shape index (κ3) is 6.48. The number of hydrogen-bond donors (Lipinski definition) is 2. The molecule has 0 saturated carbocycles. The van der Waals surface area contributed by atoms with Crippen molar-refractivity contribution in [1.82, 2.24) is 0 Å². The summed E-state index contributed by atoms with van der Waals surface area (Å²) in [5, 5.41) is 8.65. The molecule has 0 spiro atoms. The lowest BCUT2D eigenvalue weighted by molar-refractivity contribution is 0.262. The highest BCUT2D eigenvalue weighted by atomic mass is 32.2. The second kappa shape index (κ2) is 11.7. The second-order valence-electron chi connectivity index (χ2n) is 9.72. The van der Waals surface area contributed by atoms with Crippen LogP contribution in [0.2, 0.25) is 0 Å². The van der Waals surface area contributed by atoms with E-state index in [2.05, 4.69) is 10.6 Å². The predicted molar refractivity (Wildman–Crippen MR) is 169 cm³/mol. The topological polar surface area (TPSA) is 128 Å². The Morgan fingerprint density at radius 1 is 0.455 bits per heavy atom. The quantitative estimate of drug-likeness (QED) is 0.172. The van der Waals surface area contributed by atoms with Gasteiger partial charge in [-0.05, 0) is 94.3 Å². The van der Waals surface area contributed by atoms with E-state index in [1.54, 1.807) is 24.3 Å². The SMILES string of the molecule is O=C(Nc1ccc(OS(=O)(=O)c2ccc3ccccc3c2)cc1)Nc1ccc(OS(=O)(=O)c2ccc3ccccc3c2)cc1. The van der Waals surface area contributed by atoms with Crippen molar-refractivity contribution in [3.05, 3.63) is 133 Å². The molecule has 0 bridgehead atoms. The number of benzene rings is 6. The van der Waals surface area contributed by atoms with Gasteiger partial charge in [-0.1, -0.05) is 60.7 Å². The molecule has 11 heteroatoms. The molecule has 2 N–H and O–H groups in total. The number of carbonyl (C=O) groups excluding carboxylic acids is 1. The molecule has 6 rings (SSSR count). The van der Waals surface area contributed by atoms with Gasteiger partial charge < -0.3 is 19.0 Å². The Labute approximate surface area is 253 Å². The Kier molecular flexibility index (Phi) is 7.64. The number of anilines is 2. The van der Waals surface area contributed by atoms with Gasteiger partial charge in [0.25, 0.3) is 0 Å². The van der Waals surface area contributed by atoms with Crippen LogP contribution in [-0.4, -0.2) is 22.9 Å². The van der Waals surface area contributed by atoms with E-state index in [4.69, 9.17) is 8.37 Å². The van der Waals surface area contributed by atoms with Crippen molar-refractivity contribution in [1.29, 1.82) is 0 Å². The van der Waals surface area contributed by atoms with E-state index in [1.807, 2.05) is 48.5 Å². The lowest BCUT2D eigenvalue weighted by Crippen LogP contribution is -2.19. The minimum atomic E-state index is -4.07. The van der Waals surface area contributed by atoms with Gasteiger partial charge in [0.15, 0.2) is 0 Å². The van der Waals surface area contributed by atoms with Crippen molar-refractivity contribution < 1.29 is 30.0 Å². The summed E-state index contributed by atoms with van der Waals surface area (Å²) >= 11 is 0. The van der Waals surface area contributed by atoms with E-state index in [0.717, 1.165) is 21.5 Å². The number of carbonyl (C=O) groups is 1. The van der Waals surface area contributed by atoms with Crippen molar-refractivity contribution in [2.75, 3.05) is 10.6 Å². The fraction of sp³-hybridized carbons (Fsp3) is 0. The number of hydrogen-bond acceptors (Lipinski definition) is 7. The smallest absolute Gasteiger partial charge is 0.339 e. The number of urea groups is 1. The van der Waals surface area contributed by atoms with E-state index in [1.165, 1.54) is 60.7 Å². The standard InChI is InChI=1S/C33H24N2O7S2/c36-33(34-27-11-15-29(16-12-27)41-43(37,38)31-19-9-23-5-1-3-7-25(23)21-31)35-28-13-17-30(18-14-28)42-44(39,40)32-20-10-24-6-2-4-8-26(24)22-32/h1-22H,(H2,34,35,36). The largest absolute Gasteiger partial charge is 0.379 e. The summed E-state index contributed by atoms with van der Waals surface area (Å²) in [5.41, 5.74) is 0.777. The van der Waals surface area contributed by atoms with E-state index in [9.17, 15) is 21.6 Å². The summed E-state index contributed by atoms with van der Waals surface area (Å²) in [7, 11) is -8.14. The first-order valence-electron chi connectivity index (χ1n) is 13.3. The van der Waals surface area contributed by atoms with Crippen molar-refractivity contribution in [2.24, 2.45) is 0 Å². The maximum Gasteiger partial charge on any atom is 0.339 e. The Bertz CT molecular complexity index is 2060.